The second-order valence-electron chi connectivity index (χ2n) is 7.47. The summed E-state index contributed by atoms with van der Waals surface area (Å²) in [5.41, 5.74) is 0.285. The van der Waals surface area contributed by atoms with E-state index in [2.05, 4.69) is 31.1 Å². The quantitative estimate of drug-likeness (QED) is 0.781. The van der Waals surface area contributed by atoms with Crippen LogP contribution in [0.3, 0.4) is 0 Å². The maximum Gasteiger partial charge on any atom is 0.0546 e. The van der Waals surface area contributed by atoms with Gasteiger partial charge in [0.05, 0.1) is 13.2 Å². The number of rotatable bonds is 7. The van der Waals surface area contributed by atoms with Gasteiger partial charge in [-0.3, -0.25) is 0 Å². The monoisotopic (exact) mass is 298 g/mol. The van der Waals surface area contributed by atoms with Gasteiger partial charge in [-0.25, -0.2) is 0 Å². The summed E-state index contributed by atoms with van der Waals surface area (Å²) in [5.74, 6) is 0.711. The van der Waals surface area contributed by atoms with Crippen LogP contribution in [0.1, 0.15) is 39.5 Å². The molecule has 2 fully saturated rings. The minimum atomic E-state index is 0.285. The van der Waals surface area contributed by atoms with E-state index in [1.54, 1.807) is 0 Å². The Labute approximate surface area is 130 Å². The van der Waals surface area contributed by atoms with E-state index >= 15 is 0 Å². The van der Waals surface area contributed by atoms with Crippen molar-refractivity contribution in [3.05, 3.63) is 0 Å². The molecule has 0 aromatic heterocycles. The summed E-state index contributed by atoms with van der Waals surface area (Å²) in [6.45, 7) is 11.5. The number of nitrogens with zero attached hydrogens (tertiary/aromatic N) is 1. The van der Waals surface area contributed by atoms with Crippen LogP contribution >= 0.6 is 0 Å². The molecular formula is C17H34N2O2. The molecule has 4 nitrogen and oxygen atoms in total. The second kappa shape index (κ2) is 8.47. The van der Waals surface area contributed by atoms with E-state index in [9.17, 15) is 0 Å². The maximum absolute atomic E-state index is 5.82. The molecule has 2 atom stereocenters. The zero-order chi connectivity index (χ0) is 15.1. The fourth-order valence-electron chi connectivity index (χ4n) is 3.68. The average molecular weight is 298 g/mol. The van der Waals surface area contributed by atoms with E-state index in [1.165, 1.54) is 25.7 Å². The number of hydrogen-bond donors (Lipinski definition) is 1. The van der Waals surface area contributed by atoms with Gasteiger partial charge in [-0.1, -0.05) is 13.8 Å². The SMILES string of the molecule is CC(C)NCC1(CN(C)CC2CCCOC2)CCCOC1. The fourth-order valence-corrected chi connectivity index (χ4v) is 3.68. The molecule has 2 aliphatic rings. The van der Waals surface area contributed by atoms with Crippen LogP contribution in [0.2, 0.25) is 0 Å². The standard InChI is InChI=1S/C17H34N2O2/c1-15(2)18-12-17(7-5-9-21-14-17)13-19(3)10-16-6-4-8-20-11-16/h15-16,18H,4-14H2,1-3H3. The van der Waals surface area contributed by atoms with Crippen molar-refractivity contribution >= 4 is 0 Å². The van der Waals surface area contributed by atoms with Crippen LogP contribution in [0.5, 0.6) is 0 Å². The molecule has 4 heteroatoms. The summed E-state index contributed by atoms with van der Waals surface area (Å²) in [4.78, 5) is 2.51. The molecule has 2 heterocycles. The Kier molecular flexibility index (Phi) is 6.93. The first kappa shape index (κ1) is 17.2. The van der Waals surface area contributed by atoms with Gasteiger partial charge < -0.3 is 19.7 Å². The van der Waals surface area contributed by atoms with Gasteiger partial charge in [0.1, 0.15) is 0 Å². The van der Waals surface area contributed by atoms with Crippen molar-refractivity contribution in [1.29, 1.82) is 0 Å². The lowest BCUT2D eigenvalue weighted by molar-refractivity contribution is -0.0298. The lowest BCUT2D eigenvalue weighted by Crippen LogP contribution is -2.50. The van der Waals surface area contributed by atoms with Crippen molar-refractivity contribution < 1.29 is 9.47 Å². The first-order valence-corrected chi connectivity index (χ1v) is 8.67. The van der Waals surface area contributed by atoms with Crippen molar-refractivity contribution in [1.82, 2.24) is 10.2 Å². The average Bonchev–Trinajstić information content (AvgIpc) is 2.47. The van der Waals surface area contributed by atoms with Gasteiger partial charge in [-0.15, -0.1) is 0 Å². The number of nitrogens with one attached hydrogen (secondary N) is 1. The Morgan fingerprint density at radius 3 is 2.67 bits per heavy atom. The smallest absolute Gasteiger partial charge is 0.0546 e. The van der Waals surface area contributed by atoms with Crippen LogP contribution in [0.15, 0.2) is 0 Å². The van der Waals surface area contributed by atoms with E-state index in [0.29, 0.717) is 12.0 Å². The zero-order valence-corrected chi connectivity index (χ0v) is 14.2. The van der Waals surface area contributed by atoms with Crippen molar-refractivity contribution in [2.24, 2.45) is 11.3 Å². The molecule has 2 rings (SSSR count). The summed E-state index contributed by atoms with van der Waals surface area (Å²) in [7, 11) is 2.26. The zero-order valence-electron chi connectivity index (χ0n) is 14.2. The van der Waals surface area contributed by atoms with Gasteiger partial charge in [-0.2, -0.15) is 0 Å². The first-order valence-electron chi connectivity index (χ1n) is 8.67. The van der Waals surface area contributed by atoms with Crippen molar-refractivity contribution in [3.8, 4) is 0 Å². The molecule has 124 valence electrons. The van der Waals surface area contributed by atoms with Gasteiger partial charge in [0, 0.05) is 44.3 Å². The summed E-state index contributed by atoms with van der Waals surface area (Å²) in [5, 5.41) is 3.63. The Balaban J connectivity index is 1.84. The van der Waals surface area contributed by atoms with Crippen molar-refractivity contribution in [2.75, 3.05) is 53.1 Å². The molecule has 0 radical (unpaired) electrons. The van der Waals surface area contributed by atoms with Gasteiger partial charge >= 0.3 is 0 Å². The molecule has 21 heavy (non-hydrogen) atoms. The van der Waals surface area contributed by atoms with Crippen LogP contribution in [0.4, 0.5) is 0 Å². The van der Waals surface area contributed by atoms with E-state index in [4.69, 9.17) is 9.47 Å². The molecule has 2 unspecified atom stereocenters. The molecule has 0 aliphatic carbocycles. The molecule has 0 aromatic rings. The van der Waals surface area contributed by atoms with Gasteiger partial charge in [-0.05, 0) is 38.6 Å². The molecule has 0 aromatic carbocycles. The lowest BCUT2D eigenvalue weighted by atomic mass is 9.81. The molecule has 0 amide bonds. The molecule has 2 aliphatic heterocycles. The summed E-state index contributed by atoms with van der Waals surface area (Å²) in [6, 6.07) is 0.542. The maximum atomic E-state index is 5.82. The number of hydrogen-bond acceptors (Lipinski definition) is 4. The van der Waals surface area contributed by atoms with Crippen molar-refractivity contribution in [3.63, 3.8) is 0 Å². The minimum absolute atomic E-state index is 0.285. The van der Waals surface area contributed by atoms with Crippen LogP contribution in [0.25, 0.3) is 0 Å². The highest BCUT2D eigenvalue weighted by molar-refractivity contribution is 4.87. The van der Waals surface area contributed by atoms with Gasteiger partial charge in [0.15, 0.2) is 0 Å². The predicted molar refractivity (Wildman–Crippen MR) is 86.7 cm³/mol. The first-order chi connectivity index (χ1) is 10.1. The molecule has 0 bridgehead atoms. The van der Waals surface area contributed by atoms with E-state index in [1.807, 2.05) is 0 Å². The fraction of sp³-hybridized carbons (Fsp3) is 1.00. The van der Waals surface area contributed by atoms with E-state index in [-0.39, 0.29) is 5.41 Å². The third-order valence-electron chi connectivity index (χ3n) is 4.72. The molecule has 2 saturated heterocycles. The topological polar surface area (TPSA) is 33.7 Å². The molecule has 0 saturated carbocycles. The highest BCUT2D eigenvalue weighted by atomic mass is 16.5. The lowest BCUT2D eigenvalue weighted by Gasteiger charge is -2.41. The predicted octanol–water partition coefficient (Wildman–Crippen LogP) is 2.14. The van der Waals surface area contributed by atoms with Crippen LogP contribution in [0, 0.1) is 11.3 Å². The van der Waals surface area contributed by atoms with Gasteiger partial charge in [0.25, 0.3) is 0 Å². The number of ether oxygens (including phenoxy) is 2. The Bertz CT molecular complexity index is 285. The summed E-state index contributed by atoms with van der Waals surface area (Å²) in [6.07, 6.45) is 5.01. The Morgan fingerprint density at radius 1 is 1.24 bits per heavy atom. The second-order valence-corrected chi connectivity index (χ2v) is 7.47. The molecular weight excluding hydrogens is 264 g/mol. The highest BCUT2D eigenvalue weighted by Crippen LogP contribution is 2.29. The largest absolute Gasteiger partial charge is 0.381 e. The Hall–Kier alpha value is -0.160. The highest BCUT2D eigenvalue weighted by Gasteiger charge is 2.34. The molecule has 0 spiro atoms. The van der Waals surface area contributed by atoms with Crippen LogP contribution in [-0.4, -0.2) is 64.1 Å². The van der Waals surface area contributed by atoms with Crippen LogP contribution < -0.4 is 5.32 Å². The van der Waals surface area contributed by atoms with Crippen LogP contribution in [-0.2, 0) is 9.47 Å². The minimum Gasteiger partial charge on any atom is -0.381 e. The molecule has 1 N–H and O–H groups in total. The van der Waals surface area contributed by atoms with E-state index in [0.717, 1.165) is 46.1 Å². The van der Waals surface area contributed by atoms with Crippen molar-refractivity contribution in [2.45, 2.75) is 45.6 Å². The van der Waals surface area contributed by atoms with E-state index < -0.39 is 0 Å². The van der Waals surface area contributed by atoms with Gasteiger partial charge in [0.2, 0.25) is 0 Å². The Morgan fingerprint density at radius 2 is 2.05 bits per heavy atom. The summed E-state index contributed by atoms with van der Waals surface area (Å²) < 4.78 is 11.4. The normalized spacial score (nSPS) is 31.0. The summed E-state index contributed by atoms with van der Waals surface area (Å²) >= 11 is 0. The third-order valence-corrected chi connectivity index (χ3v) is 4.72. The third kappa shape index (κ3) is 5.85.